The Bertz CT molecular complexity index is 1160. The van der Waals surface area contributed by atoms with Crippen LogP contribution in [0.25, 0.3) is 11.1 Å². The molecule has 1 heterocycles. The topological polar surface area (TPSA) is 44.4 Å². The van der Waals surface area contributed by atoms with Crippen LogP contribution >= 0.6 is 0 Å². The van der Waals surface area contributed by atoms with Crippen molar-refractivity contribution in [2.75, 3.05) is 25.0 Å². The first kappa shape index (κ1) is 24.5. The van der Waals surface area contributed by atoms with Crippen LogP contribution in [0.1, 0.15) is 41.1 Å². The molecule has 2 unspecified atom stereocenters. The molecule has 1 saturated heterocycles. The molecule has 5 rings (SSSR count). The van der Waals surface area contributed by atoms with E-state index in [9.17, 15) is 18.0 Å². The summed E-state index contributed by atoms with van der Waals surface area (Å²) >= 11 is 0. The van der Waals surface area contributed by atoms with E-state index in [0.29, 0.717) is 30.6 Å². The molecular weight excluding hydrogens is 463 g/mol. The van der Waals surface area contributed by atoms with Gasteiger partial charge in [-0.2, -0.15) is 13.2 Å². The maximum atomic E-state index is 12.7. The van der Waals surface area contributed by atoms with Crippen molar-refractivity contribution in [3.8, 4) is 11.1 Å². The van der Waals surface area contributed by atoms with Crippen LogP contribution in [0.5, 0.6) is 0 Å². The first-order valence-electron chi connectivity index (χ1n) is 12.5. The van der Waals surface area contributed by atoms with E-state index < -0.39 is 12.7 Å². The van der Waals surface area contributed by atoms with E-state index in [1.54, 1.807) is 0 Å². The van der Waals surface area contributed by atoms with Crippen molar-refractivity contribution < 1.29 is 18.0 Å². The highest BCUT2D eigenvalue weighted by atomic mass is 19.4. The quantitative estimate of drug-likeness (QED) is 0.419. The van der Waals surface area contributed by atoms with Gasteiger partial charge in [0.05, 0.1) is 6.54 Å². The van der Waals surface area contributed by atoms with Gasteiger partial charge in [0.2, 0.25) is 0 Å². The Morgan fingerprint density at radius 2 is 1.50 bits per heavy atom. The number of nitrogens with one attached hydrogen (secondary N) is 2. The maximum absolute atomic E-state index is 12.7. The third-order valence-corrected chi connectivity index (χ3v) is 7.08. The summed E-state index contributed by atoms with van der Waals surface area (Å²) in [6.07, 6.45) is -1.60. The summed E-state index contributed by atoms with van der Waals surface area (Å²) in [5, 5.41) is 6.59. The second kappa shape index (κ2) is 10.4. The third-order valence-electron chi connectivity index (χ3n) is 7.08. The molecule has 36 heavy (non-hydrogen) atoms. The number of nitrogens with zero attached hydrogens (tertiary/aromatic N) is 1. The Morgan fingerprint density at radius 1 is 0.861 bits per heavy atom. The fraction of sp³-hybridized carbons (Fsp3) is 0.345. The maximum Gasteiger partial charge on any atom is 0.401 e. The smallest absolute Gasteiger partial charge is 0.322 e. The Balaban J connectivity index is 1.09. The minimum Gasteiger partial charge on any atom is -0.322 e. The number of hydrogen-bond acceptors (Lipinski definition) is 3. The van der Waals surface area contributed by atoms with Gasteiger partial charge >= 0.3 is 6.18 Å². The lowest BCUT2D eigenvalue weighted by atomic mass is 10.0. The van der Waals surface area contributed by atoms with Crippen molar-refractivity contribution in [2.45, 2.75) is 43.4 Å². The van der Waals surface area contributed by atoms with E-state index in [2.05, 4.69) is 10.6 Å². The zero-order valence-electron chi connectivity index (χ0n) is 20.0. The molecule has 1 aliphatic carbocycles. The van der Waals surface area contributed by atoms with E-state index in [1.807, 2.05) is 78.9 Å². The summed E-state index contributed by atoms with van der Waals surface area (Å²) in [7, 11) is 0. The molecule has 0 bridgehead atoms. The SMILES string of the molecule is O=C(Nc1ccc(C2CC2NC2CCN(CC(F)(F)F)CC2)cc1)c1ccc(-c2ccccc2)cc1. The Morgan fingerprint density at radius 3 is 2.14 bits per heavy atom. The molecule has 3 aromatic carbocycles. The molecule has 2 fully saturated rings. The second-order valence-electron chi connectivity index (χ2n) is 9.80. The van der Waals surface area contributed by atoms with Crippen LogP contribution in [0.15, 0.2) is 78.9 Å². The Labute approximate surface area is 209 Å². The molecule has 4 nitrogen and oxygen atoms in total. The summed E-state index contributed by atoms with van der Waals surface area (Å²) < 4.78 is 37.7. The zero-order chi connectivity index (χ0) is 25.1. The van der Waals surface area contributed by atoms with Gasteiger partial charge in [0, 0.05) is 29.3 Å². The average molecular weight is 494 g/mol. The first-order chi connectivity index (χ1) is 17.3. The minimum absolute atomic E-state index is 0.148. The van der Waals surface area contributed by atoms with Crippen LogP contribution < -0.4 is 10.6 Å². The zero-order valence-corrected chi connectivity index (χ0v) is 20.0. The predicted molar refractivity (Wildman–Crippen MR) is 136 cm³/mol. The van der Waals surface area contributed by atoms with Crippen molar-refractivity contribution in [3.63, 3.8) is 0 Å². The average Bonchev–Trinajstić information content (AvgIpc) is 3.64. The largest absolute Gasteiger partial charge is 0.401 e. The lowest BCUT2D eigenvalue weighted by Crippen LogP contribution is -2.46. The fourth-order valence-corrected chi connectivity index (χ4v) is 5.02. The normalized spacial score (nSPS) is 20.8. The first-order valence-corrected chi connectivity index (χ1v) is 12.5. The van der Waals surface area contributed by atoms with Gasteiger partial charge in [-0.1, -0.05) is 54.6 Å². The van der Waals surface area contributed by atoms with Gasteiger partial charge in [-0.05, 0) is 73.3 Å². The minimum atomic E-state index is -4.12. The van der Waals surface area contributed by atoms with Crippen molar-refractivity contribution in [1.82, 2.24) is 10.2 Å². The summed E-state index contributed by atoms with van der Waals surface area (Å²) in [6, 6.07) is 26.2. The van der Waals surface area contributed by atoms with Crippen LogP contribution in [0.3, 0.4) is 0 Å². The van der Waals surface area contributed by atoms with E-state index >= 15 is 0 Å². The molecule has 0 radical (unpaired) electrons. The summed E-state index contributed by atoms with van der Waals surface area (Å²) in [5.41, 5.74) is 4.74. The van der Waals surface area contributed by atoms with Gasteiger partial charge in [0.25, 0.3) is 5.91 Å². The molecule has 7 heteroatoms. The number of piperidine rings is 1. The van der Waals surface area contributed by atoms with Crippen LogP contribution in [-0.4, -0.2) is 48.7 Å². The molecule has 3 aromatic rings. The Kier molecular flexibility index (Phi) is 7.12. The van der Waals surface area contributed by atoms with Gasteiger partial charge in [-0.15, -0.1) is 0 Å². The summed E-state index contributed by atoms with van der Waals surface area (Å²) in [6.45, 7) is 0.156. The lowest BCUT2D eigenvalue weighted by molar-refractivity contribution is -0.148. The molecule has 0 aromatic heterocycles. The monoisotopic (exact) mass is 493 g/mol. The number of benzene rings is 3. The number of anilines is 1. The highest BCUT2D eigenvalue weighted by Gasteiger charge is 2.40. The van der Waals surface area contributed by atoms with Gasteiger partial charge in [-0.3, -0.25) is 9.69 Å². The highest BCUT2D eigenvalue weighted by molar-refractivity contribution is 6.04. The molecule has 1 aliphatic heterocycles. The third kappa shape index (κ3) is 6.33. The molecule has 188 valence electrons. The number of likely N-dealkylation sites (tertiary alicyclic amines) is 1. The van der Waals surface area contributed by atoms with Gasteiger partial charge in [0.1, 0.15) is 0 Å². The number of alkyl halides is 3. The van der Waals surface area contributed by atoms with Gasteiger partial charge in [-0.25, -0.2) is 0 Å². The number of amides is 1. The van der Waals surface area contributed by atoms with Crippen LogP contribution in [0.2, 0.25) is 0 Å². The molecular formula is C29H30F3N3O. The van der Waals surface area contributed by atoms with Crippen molar-refractivity contribution >= 4 is 11.6 Å². The molecule has 1 saturated carbocycles. The molecule has 2 aliphatic rings. The molecule has 0 spiro atoms. The van der Waals surface area contributed by atoms with Crippen molar-refractivity contribution in [2.24, 2.45) is 0 Å². The number of carbonyl (C=O) groups is 1. The van der Waals surface area contributed by atoms with Crippen LogP contribution in [0.4, 0.5) is 18.9 Å². The fourth-order valence-electron chi connectivity index (χ4n) is 5.02. The van der Waals surface area contributed by atoms with Crippen molar-refractivity contribution in [3.05, 3.63) is 90.0 Å². The van der Waals surface area contributed by atoms with E-state index in [-0.39, 0.29) is 11.9 Å². The second-order valence-corrected chi connectivity index (χ2v) is 9.80. The van der Waals surface area contributed by atoms with Crippen molar-refractivity contribution in [1.29, 1.82) is 0 Å². The molecule has 2 N–H and O–H groups in total. The Hall–Kier alpha value is -3.16. The molecule has 2 atom stereocenters. The van der Waals surface area contributed by atoms with Gasteiger partial charge < -0.3 is 10.6 Å². The van der Waals surface area contributed by atoms with Crippen LogP contribution in [-0.2, 0) is 0 Å². The van der Waals surface area contributed by atoms with Gasteiger partial charge in [0.15, 0.2) is 0 Å². The van der Waals surface area contributed by atoms with E-state index in [1.165, 1.54) is 10.5 Å². The van der Waals surface area contributed by atoms with E-state index in [4.69, 9.17) is 0 Å². The lowest BCUT2D eigenvalue weighted by Gasteiger charge is -2.33. The number of carbonyl (C=O) groups excluding carboxylic acids is 1. The predicted octanol–water partition coefficient (Wildman–Crippen LogP) is 6.08. The number of halogens is 3. The highest BCUT2D eigenvalue weighted by Crippen LogP contribution is 2.42. The number of hydrogen-bond donors (Lipinski definition) is 2. The summed E-state index contributed by atoms with van der Waals surface area (Å²) in [5.74, 6) is 0.263. The standard InChI is InChI=1S/C29H30F3N3O/c30-29(31,32)19-35-16-14-25(15-17-35)33-27-18-26(27)22-10-12-24(13-11-22)34-28(36)23-8-6-21(7-9-23)20-4-2-1-3-5-20/h1-13,25-27,33H,14-19H2,(H,34,36). The summed E-state index contributed by atoms with van der Waals surface area (Å²) in [4.78, 5) is 14.2. The number of rotatable bonds is 7. The molecule has 1 amide bonds. The van der Waals surface area contributed by atoms with E-state index in [0.717, 1.165) is 36.1 Å². The van der Waals surface area contributed by atoms with Crippen LogP contribution in [0, 0.1) is 0 Å².